The van der Waals surface area contributed by atoms with Gasteiger partial charge in [-0.3, -0.25) is 9.48 Å². The summed E-state index contributed by atoms with van der Waals surface area (Å²) in [4.78, 5) is 19.2. The number of nitrogens with zero attached hydrogens (tertiary/aromatic N) is 5. The number of aryl methyl sites for hydroxylation is 2. The van der Waals surface area contributed by atoms with E-state index in [4.69, 9.17) is 11.6 Å². The Balaban J connectivity index is 1.60. The van der Waals surface area contributed by atoms with Gasteiger partial charge in [0.2, 0.25) is 11.7 Å². The van der Waals surface area contributed by atoms with E-state index in [2.05, 4.69) is 25.5 Å². The van der Waals surface area contributed by atoms with Crippen molar-refractivity contribution >= 4 is 23.3 Å². The molecule has 3 aromatic heterocycles. The van der Waals surface area contributed by atoms with Crippen molar-refractivity contribution in [1.29, 1.82) is 0 Å². The molecule has 0 amide bonds. The molecule has 4 aromatic rings. The highest BCUT2D eigenvalue weighted by Crippen LogP contribution is 2.24. The fourth-order valence-corrected chi connectivity index (χ4v) is 2.88. The molecule has 4 rings (SSSR count). The molecular formula is C17H16ClN7O. The lowest BCUT2D eigenvalue weighted by molar-refractivity contribution is 0.771. The van der Waals surface area contributed by atoms with Crippen molar-refractivity contribution in [2.45, 2.75) is 13.5 Å². The quantitative estimate of drug-likeness (QED) is 0.576. The van der Waals surface area contributed by atoms with Gasteiger partial charge in [0.25, 0.3) is 5.56 Å². The van der Waals surface area contributed by atoms with E-state index in [1.807, 2.05) is 37.5 Å². The fourth-order valence-electron chi connectivity index (χ4n) is 2.69. The minimum Gasteiger partial charge on any atom is -0.349 e. The lowest BCUT2D eigenvalue weighted by Crippen LogP contribution is -2.14. The third-order valence-electron chi connectivity index (χ3n) is 3.96. The van der Waals surface area contributed by atoms with Crippen molar-refractivity contribution in [3.05, 3.63) is 63.2 Å². The number of aromatic nitrogens is 6. The van der Waals surface area contributed by atoms with E-state index >= 15 is 0 Å². The number of nitrogens with one attached hydrogen (secondary N) is 2. The van der Waals surface area contributed by atoms with Crippen LogP contribution in [0.25, 0.3) is 17.0 Å². The number of H-pyrrole nitrogens is 1. The molecule has 0 aliphatic heterocycles. The van der Waals surface area contributed by atoms with Gasteiger partial charge in [0.05, 0.1) is 5.69 Å². The van der Waals surface area contributed by atoms with E-state index in [0.717, 1.165) is 22.5 Å². The lowest BCUT2D eigenvalue weighted by atomic mass is 10.1. The molecule has 2 N–H and O–H groups in total. The van der Waals surface area contributed by atoms with Crippen molar-refractivity contribution in [3.63, 3.8) is 0 Å². The Morgan fingerprint density at radius 3 is 2.85 bits per heavy atom. The molecule has 9 heteroatoms. The van der Waals surface area contributed by atoms with Gasteiger partial charge < -0.3 is 10.3 Å². The van der Waals surface area contributed by atoms with Gasteiger partial charge in [-0.2, -0.15) is 14.6 Å². The zero-order chi connectivity index (χ0) is 18.3. The molecule has 0 unspecified atom stereocenters. The molecular weight excluding hydrogens is 354 g/mol. The van der Waals surface area contributed by atoms with Crippen molar-refractivity contribution in [1.82, 2.24) is 29.4 Å². The molecule has 0 aliphatic carbocycles. The Morgan fingerprint density at radius 2 is 2.08 bits per heavy atom. The number of halogens is 1. The Bertz CT molecular complexity index is 1160. The zero-order valence-corrected chi connectivity index (χ0v) is 14.9. The number of hydrogen-bond donors (Lipinski definition) is 2. The molecule has 0 bridgehead atoms. The largest absolute Gasteiger partial charge is 0.349 e. The summed E-state index contributed by atoms with van der Waals surface area (Å²) in [7, 11) is 1.87. The summed E-state index contributed by atoms with van der Waals surface area (Å²) >= 11 is 6.31. The average molecular weight is 370 g/mol. The number of aromatic amines is 1. The van der Waals surface area contributed by atoms with Crippen LogP contribution in [0.5, 0.6) is 0 Å². The predicted molar refractivity (Wildman–Crippen MR) is 99.3 cm³/mol. The van der Waals surface area contributed by atoms with Crippen LogP contribution in [0, 0.1) is 6.92 Å². The Kier molecular flexibility index (Phi) is 3.96. The predicted octanol–water partition coefficient (Wildman–Crippen LogP) is 2.39. The molecule has 1 aromatic carbocycles. The van der Waals surface area contributed by atoms with Crippen LogP contribution in [0.2, 0.25) is 5.02 Å². The molecule has 0 radical (unpaired) electrons. The molecule has 0 aliphatic rings. The summed E-state index contributed by atoms with van der Waals surface area (Å²) in [6.07, 6.45) is 1.89. The van der Waals surface area contributed by atoms with Crippen molar-refractivity contribution in [3.8, 4) is 11.3 Å². The number of anilines is 1. The zero-order valence-electron chi connectivity index (χ0n) is 14.2. The Morgan fingerprint density at radius 1 is 1.23 bits per heavy atom. The van der Waals surface area contributed by atoms with Crippen LogP contribution in [0.15, 0.2) is 41.3 Å². The van der Waals surface area contributed by atoms with E-state index in [1.54, 1.807) is 11.6 Å². The first-order chi connectivity index (χ1) is 12.5. The van der Waals surface area contributed by atoms with Crippen LogP contribution >= 0.6 is 11.6 Å². The standard InChI is InChI=1S/C17H16ClN7O/c1-10-7-15(26)25-17(20-10)21-16(23-25)19-9-12-8-11(3-4-13(12)18)14-5-6-24(2)22-14/h3-8H,9H2,1-2H3,(H2,19,20,21,23). The summed E-state index contributed by atoms with van der Waals surface area (Å²) in [5.74, 6) is 0.745. The maximum atomic E-state index is 11.9. The SMILES string of the molecule is Cc1cc(=O)n2nc(NCc3cc(-c4ccn(C)n4)ccc3Cl)nc2[nH]1. The van der Waals surface area contributed by atoms with Crippen LogP contribution in [0.3, 0.4) is 0 Å². The highest BCUT2D eigenvalue weighted by atomic mass is 35.5. The van der Waals surface area contributed by atoms with Gasteiger partial charge in [0.1, 0.15) is 0 Å². The third-order valence-corrected chi connectivity index (χ3v) is 4.33. The van der Waals surface area contributed by atoms with E-state index in [0.29, 0.717) is 23.3 Å². The van der Waals surface area contributed by atoms with Gasteiger partial charge in [-0.05, 0) is 30.7 Å². The maximum absolute atomic E-state index is 11.9. The van der Waals surface area contributed by atoms with Crippen LogP contribution in [0.4, 0.5) is 5.95 Å². The molecule has 0 saturated heterocycles. The minimum absolute atomic E-state index is 0.230. The van der Waals surface area contributed by atoms with E-state index in [-0.39, 0.29) is 5.56 Å². The summed E-state index contributed by atoms with van der Waals surface area (Å²) in [6, 6.07) is 9.16. The highest BCUT2D eigenvalue weighted by molar-refractivity contribution is 6.31. The second kappa shape index (κ2) is 6.30. The van der Waals surface area contributed by atoms with Crippen molar-refractivity contribution in [2.75, 3.05) is 5.32 Å². The number of fused-ring (bicyclic) bond motifs is 1. The van der Waals surface area contributed by atoms with Gasteiger partial charge in [-0.25, -0.2) is 0 Å². The summed E-state index contributed by atoms with van der Waals surface area (Å²) in [5, 5.41) is 12.3. The normalized spacial score (nSPS) is 11.2. The summed E-state index contributed by atoms with van der Waals surface area (Å²) < 4.78 is 2.97. The third kappa shape index (κ3) is 3.06. The molecule has 0 atom stereocenters. The van der Waals surface area contributed by atoms with Crippen LogP contribution in [0.1, 0.15) is 11.3 Å². The number of benzene rings is 1. The van der Waals surface area contributed by atoms with Gasteiger partial charge in [-0.1, -0.05) is 17.7 Å². The first-order valence-corrected chi connectivity index (χ1v) is 8.36. The van der Waals surface area contributed by atoms with Crippen molar-refractivity contribution < 1.29 is 0 Å². The molecule has 0 fully saturated rings. The van der Waals surface area contributed by atoms with E-state index < -0.39 is 0 Å². The molecule has 26 heavy (non-hydrogen) atoms. The molecule has 132 valence electrons. The monoisotopic (exact) mass is 369 g/mol. The van der Waals surface area contributed by atoms with Gasteiger partial charge in [0, 0.05) is 42.1 Å². The molecule has 3 heterocycles. The average Bonchev–Trinajstić information content (AvgIpc) is 3.20. The molecule has 8 nitrogen and oxygen atoms in total. The van der Waals surface area contributed by atoms with E-state index in [9.17, 15) is 4.79 Å². The Labute approximate surface area is 153 Å². The second-order valence-corrected chi connectivity index (χ2v) is 6.40. The lowest BCUT2D eigenvalue weighted by Gasteiger charge is -2.07. The first-order valence-electron chi connectivity index (χ1n) is 7.98. The van der Waals surface area contributed by atoms with Gasteiger partial charge >= 0.3 is 0 Å². The van der Waals surface area contributed by atoms with Crippen LogP contribution in [-0.4, -0.2) is 29.4 Å². The summed E-state index contributed by atoms with van der Waals surface area (Å²) in [6.45, 7) is 2.22. The summed E-state index contributed by atoms with van der Waals surface area (Å²) in [5.41, 5.74) is 3.23. The van der Waals surface area contributed by atoms with Crippen molar-refractivity contribution in [2.24, 2.45) is 7.05 Å². The first kappa shape index (κ1) is 16.3. The Hall–Kier alpha value is -3.13. The maximum Gasteiger partial charge on any atom is 0.275 e. The topological polar surface area (TPSA) is 92.9 Å². The number of rotatable bonds is 4. The van der Waals surface area contributed by atoms with Crippen LogP contribution < -0.4 is 10.9 Å². The number of hydrogen-bond acceptors (Lipinski definition) is 5. The highest BCUT2D eigenvalue weighted by Gasteiger charge is 2.09. The van der Waals surface area contributed by atoms with Crippen LogP contribution in [-0.2, 0) is 13.6 Å². The fraction of sp³-hybridized carbons (Fsp3) is 0.176. The second-order valence-electron chi connectivity index (χ2n) is 6.00. The van der Waals surface area contributed by atoms with E-state index in [1.165, 1.54) is 10.6 Å². The van der Waals surface area contributed by atoms with Gasteiger partial charge in [-0.15, -0.1) is 5.10 Å². The molecule has 0 spiro atoms. The smallest absolute Gasteiger partial charge is 0.275 e. The van der Waals surface area contributed by atoms with Gasteiger partial charge in [0.15, 0.2) is 0 Å². The minimum atomic E-state index is -0.230. The molecule has 0 saturated carbocycles.